The number of piperidine rings is 2. The molecule has 2 heterocycles. The standard InChI is InChI=1S/C24H25ClF2N2O3/c25-18-5-3-16(4-6-18)23(30)29-11-1-2-17(15-29)24(31)28-12-9-20(10-13-28)32-22-8-7-19(26)14-21(22)27/h3-8,14,17,20H,1-2,9-13,15H2. The molecular formula is C24H25ClF2N2O3. The molecule has 2 amide bonds. The van der Waals surface area contributed by atoms with Crippen LogP contribution in [0.15, 0.2) is 42.5 Å². The van der Waals surface area contributed by atoms with Gasteiger partial charge < -0.3 is 14.5 Å². The Kier molecular flexibility index (Phi) is 6.94. The number of benzene rings is 2. The van der Waals surface area contributed by atoms with Gasteiger partial charge in [-0.25, -0.2) is 8.78 Å². The second kappa shape index (κ2) is 9.86. The highest BCUT2D eigenvalue weighted by atomic mass is 35.5. The van der Waals surface area contributed by atoms with Gasteiger partial charge in [0.2, 0.25) is 5.91 Å². The van der Waals surface area contributed by atoms with E-state index in [9.17, 15) is 18.4 Å². The Labute approximate surface area is 190 Å². The summed E-state index contributed by atoms with van der Waals surface area (Å²) < 4.78 is 32.6. The summed E-state index contributed by atoms with van der Waals surface area (Å²) in [5.74, 6) is -1.62. The minimum atomic E-state index is -0.726. The molecule has 2 aliphatic rings. The van der Waals surface area contributed by atoms with Crippen LogP contribution in [-0.2, 0) is 4.79 Å². The van der Waals surface area contributed by atoms with Crippen LogP contribution in [0.25, 0.3) is 0 Å². The molecule has 4 rings (SSSR count). The van der Waals surface area contributed by atoms with Gasteiger partial charge in [-0.05, 0) is 49.2 Å². The Morgan fingerprint density at radius 2 is 1.66 bits per heavy atom. The van der Waals surface area contributed by atoms with Crippen LogP contribution in [0.2, 0.25) is 5.02 Å². The van der Waals surface area contributed by atoms with Gasteiger partial charge in [-0.3, -0.25) is 9.59 Å². The van der Waals surface area contributed by atoms with Gasteiger partial charge in [0, 0.05) is 55.7 Å². The fourth-order valence-electron chi connectivity index (χ4n) is 4.34. The first kappa shape index (κ1) is 22.5. The number of halogens is 3. The molecule has 2 aliphatic heterocycles. The van der Waals surface area contributed by atoms with Crippen molar-refractivity contribution in [2.45, 2.75) is 31.8 Å². The largest absolute Gasteiger partial charge is 0.487 e. The van der Waals surface area contributed by atoms with Crippen LogP contribution in [0.5, 0.6) is 5.75 Å². The van der Waals surface area contributed by atoms with Gasteiger partial charge in [-0.2, -0.15) is 0 Å². The number of amides is 2. The van der Waals surface area contributed by atoms with E-state index in [0.717, 1.165) is 25.0 Å². The molecule has 170 valence electrons. The van der Waals surface area contributed by atoms with E-state index in [0.29, 0.717) is 49.6 Å². The number of nitrogens with zero attached hydrogens (tertiary/aromatic N) is 2. The molecule has 2 aromatic rings. The summed E-state index contributed by atoms with van der Waals surface area (Å²) in [4.78, 5) is 29.4. The Morgan fingerprint density at radius 1 is 0.938 bits per heavy atom. The molecule has 0 bridgehead atoms. The molecule has 0 radical (unpaired) electrons. The first-order valence-corrected chi connectivity index (χ1v) is 11.2. The van der Waals surface area contributed by atoms with Gasteiger partial charge in [-0.15, -0.1) is 0 Å². The van der Waals surface area contributed by atoms with Crippen molar-refractivity contribution in [3.8, 4) is 5.75 Å². The highest BCUT2D eigenvalue weighted by molar-refractivity contribution is 6.30. The molecule has 0 saturated carbocycles. The third kappa shape index (κ3) is 5.21. The van der Waals surface area contributed by atoms with Crippen LogP contribution in [0.4, 0.5) is 8.78 Å². The monoisotopic (exact) mass is 462 g/mol. The fraction of sp³-hybridized carbons (Fsp3) is 0.417. The Balaban J connectivity index is 1.30. The molecule has 0 aromatic heterocycles. The molecule has 1 atom stereocenters. The maximum absolute atomic E-state index is 13.8. The van der Waals surface area contributed by atoms with Crippen molar-refractivity contribution in [2.24, 2.45) is 5.92 Å². The van der Waals surface area contributed by atoms with Crippen LogP contribution >= 0.6 is 11.6 Å². The number of hydrogen-bond donors (Lipinski definition) is 0. The van der Waals surface area contributed by atoms with Crippen molar-refractivity contribution in [1.82, 2.24) is 9.80 Å². The minimum Gasteiger partial charge on any atom is -0.487 e. The first-order valence-electron chi connectivity index (χ1n) is 10.9. The lowest BCUT2D eigenvalue weighted by molar-refractivity contribution is -0.138. The van der Waals surface area contributed by atoms with E-state index in [1.165, 1.54) is 6.07 Å². The molecule has 2 aromatic carbocycles. The highest BCUT2D eigenvalue weighted by Gasteiger charge is 2.33. The molecule has 0 N–H and O–H groups in total. The maximum atomic E-state index is 13.8. The number of carbonyl (C=O) groups is 2. The Hall–Kier alpha value is -2.67. The average molecular weight is 463 g/mol. The molecular weight excluding hydrogens is 438 g/mol. The van der Waals surface area contributed by atoms with E-state index in [-0.39, 0.29) is 29.6 Å². The maximum Gasteiger partial charge on any atom is 0.253 e. The third-order valence-corrected chi connectivity index (χ3v) is 6.34. The van der Waals surface area contributed by atoms with Gasteiger partial charge in [0.05, 0.1) is 5.92 Å². The van der Waals surface area contributed by atoms with E-state index in [2.05, 4.69) is 0 Å². The summed E-state index contributed by atoms with van der Waals surface area (Å²) in [5, 5.41) is 0.572. The van der Waals surface area contributed by atoms with E-state index in [1.54, 1.807) is 29.2 Å². The lowest BCUT2D eigenvalue weighted by atomic mass is 9.94. The zero-order valence-corrected chi connectivity index (χ0v) is 18.4. The smallest absolute Gasteiger partial charge is 0.253 e. The van der Waals surface area contributed by atoms with Crippen LogP contribution in [-0.4, -0.2) is 53.9 Å². The van der Waals surface area contributed by atoms with Crippen LogP contribution in [0.1, 0.15) is 36.0 Å². The second-order valence-corrected chi connectivity index (χ2v) is 8.75. The SMILES string of the molecule is O=C(c1ccc(Cl)cc1)N1CCCC(C(=O)N2CCC(Oc3ccc(F)cc3F)CC2)C1. The Morgan fingerprint density at radius 3 is 2.34 bits per heavy atom. The summed E-state index contributed by atoms with van der Waals surface area (Å²) >= 11 is 5.90. The van der Waals surface area contributed by atoms with Gasteiger partial charge in [0.1, 0.15) is 11.9 Å². The quantitative estimate of drug-likeness (QED) is 0.670. The molecule has 0 spiro atoms. The van der Waals surface area contributed by atoms with Crippen LogP contribution in [0, 0.1) is 17.6 Å². The molecule has 32 heavy (non-hydrogen) atoms. The van der Waals surface area contributed by atoms with Crippen molar-refractivity contribution in [3.05, 3.63) is 64.7 Å². The van der Waals surface area contributed by atoms with E-state index in [4.69, 9.17) is 16.3 Å². The number of ether oxygens (including phenoxy) is 1. The molecule has 5 nitrogen and oxygen atoms in total. The normalized spacial score (nSPS) is 19.7. The predicted molar refractivity (Wildman–Crippen MR) is 117 cm³/mol. The fourth-order valence-corrected chi connectivity index (χ4v) is 4.47. The van der Waals surface area contributed by atoms with Gasteiger partial charge in [0.25, 0.3) is 5.91 Å². The van der Waals surface area contributed by atoms with Crippen molar-refractivity contribution in [2.75, 3.05) is 26.2 Å². The van der Waals surface area contributed by atoms with Crippen molar-refractivity contribution in [3.63, 3.8) is 0 Å². The third-order valence-electron chi connectivity index (χ3n) is 6.09. The molecule has 0 aliphatic carbocycles. The van der Waals surface area contributed by atoms with Gasteiger partial charge in [-0.1, -0.05) is 11.6 Å². The topological polar surface area (TPSA) is 49.9 Å². The summed E-state index contributed by atoms with van der Waals surface area (Å²) in [6.07, 6.45) is 2.44. The predicted octanol–water partition coefficient (Wildman–Crippen LogP) is 4.54. The zero-order chi connectivity index (χ0) is 22.7. The summed E-state index contributed by atoms with van der Waals surface area (Å²) in [6.45, 7) is 2.05. The molecule has 8 heteroatoms. The number of carbonyl (C=O) groups excluding carboxylic acids is 2. The molecule has 1 unspecified atom stereocenters. The van der Waals surface area contributed by atoms with E-state index in [1.807, 2.05) is 4.90 Å². The first-order chi connectivity index (χ1) is 15.4. The van der Waals surface area contributed by atoms with Gasteiger partial charge >= 0.3 is 0 Å². The number of hydrogen-bond acceptors (Lipinski definition) is 3. The zero-order valence-electron chi connectivity index (χ0n) is 17.6. The number of rotatable bonds is 4. The Bertz CT molecular complexity index is 978. The van der Waals surface area contributed by atoms with Crippen molar-refractivity contribution in [1.29, 1.82) is 0 Å². The lowest BCUT2D eigenvalue weighted by Gasteiger charge is -2.38. The number of likely N-dealkylation sites (tertiary alicyclic amines) is 2. The van der Waals surface area contributed by atoms with Crippen molar-refractivity contribution >= 4 is 23.4 Å². The summed E-state index contributed by atoms with van der Waals surface area (Å²) in [5.41, 5.74) is 0.563. The van der Waals surface area contributed by atoms with E-state index >= 15 is 0 Å². The highest BCUT2D eigenvalue weighted by Crippen LogP contribution is 2.26. The summed E-state index contributed by atoms with van der Waals surface area (Å²) in [6, 6.07) is 10.0. The molecule has 2 saturated heterocycles. The minimum absolute atomic E-state index is 0.0276. The molecule has 2 fully saturated rings. The van der Waals surface area contributed by atoms with Gasteiger partial charge in [0.15, 0.2) is 11.6 Å². The van der Waals surface area contributed by atoms with E-state index < -0.39 is 11.6 Å². The average Bonchev–Trinajstić information content (AvgIpc) is 2.81. The van der Waals surface area contributed by atoms with Crippen molar-refractivity contribution < 1.29 is 23.1 Å². The van der Waals surface area contributed by atoms with Crippen LogP contribution < -0.4 is 4.74 Å². The summed E-state index contributed by atoms with van der Waals surface area (Å²) in [7, 11) is 0. The lowest BCUT2D eigenvalue weighted by Crippen LogP contribution is -2.49. The van der Waals surface area contributed by atoms with Crippen LogP contribution in [0.3, 0.4) is 0 Å². The second-order valence-electron chi connectivity index (χ2n) is 8.31.